The number of likely N-dealkylation sites (tertiary alicyclic amines) is 1. The maximum atomic E-state index is 12.6. The van der Waals surface area contributed by atoms with Crippen molar-refractivity contribution in [3.63, 3.8) is 0 Å². The van der Waals surface area contributed by atoms with Gasteiger partial charge in [-0.2, -0.15) is 0 Å². The van der Waals surface area contributed by atoms with E-state index in [-0.39, 0.29) is 23.8 Å². The van der Waals surface area contributed by atoms with Crippen molar-refractivity contribution in [2.24, 2.45) is 17.8 Å². The lowest BCUT2D eigenvalue weighted by atomic mass is 9.80. The number of amides is 2. The Labute approximate surface area is 135 Å². The van der Waals surface area contributed by atoms with Crippen LogP contribution in [0, 0.1) is 17.8 Å². The van der Waals surface area contributed by atoms with E-state index in [2.05, 4.69) is 24.1 Å². The van der Waals surface area contributed by atoms with E-state index in [4.69, 9.17) is 0 Å². The predicted octanol–water partition coefficient (Wildman–Crippen LogP) is 2.97. The summed E-state index contributed by atoms with van der Waals surface area (Å²) in [6, 6.07) is 0.252. The Balaban J connectivity index is 1.77. The number of hydrogen-bond donors (Lipinski definition) is 1. The number of nitrogens with zero attached hydrogens (tertiary/aromatic N) is 1. The minimum Gasteiger partial charge on any atom is -0.353 e. The molecule has 0 spiro atoms. The first-order chi connectivity index (χ1) is 10.5. The molecule has 1 unspecified atom stereocenters. The van der Waals surface area contributed by atoms with Gasteiger partial charge in [-0.05, 0) is 57.8 Å². The Morgan fingerprint density at radius 1 is 1.05 bits per heavy atom. The van der Waals surface area contributed by atoms with Crippen LogP contribution in [0.15, 0.2) is 0 Å². The predicted molar refractivity (Wildman–Crippen MR) is 88.3 cm³/mol. The molecule has 4 heteroatoms. The van der Waals surface area contributed by atoms with Gasteiger partial charge < -0.3 is 10.2 Å². The van der Waals surface area contributed by atoms with Crippen LogP contribution >= 0.6 is 0 Å². The summed E-state index contributed by atoms with van der Waals surface area (Å²) in [7, 11) is 0. The van der Waals surface area contributed by atoms with E-state index >= 15 is 0 Å². The fourth-order valence-electron chi connectivity index (χ4n) is 3.55. The molecule has 0 aromatic carbocycles. The molecule has 2 fully saturated rings. The molecule has 1 saturated heterocycles. The first kappa shape index (κ1) is 17.3. The molecule has 22 heavy (non-hydrogen) atoms. The van der Waals surface area contributed by atoms with Crippen LogP contribution in [0.5, 0.6) is 0 Å². The maximum Gasteiger partial charge on any atom is 0.225 e. The Morgan fingerprint density at radius 2 is 1.59 bits per heavy atom. The van der Waals surface area contributed by atoms with Gasteiger partial charge in [0.15, 0.2) is 0 Å². The molecule has 1 aliphatic heterocycles. The third-order valence-electron chi connectivity index (χ3n) is 5.54. The van der Waals surface area contributed by atoms with Crippen molar-refractivity contribution in [2.75, 3.05) is 13.1 Å². The van der Waals surface area contributed by atoms with Crippen molar-refractivity contribution in [1.82, 2.24) is 10.2 Å². The van der Waals surface area contributed by atoms with E-state index in [1.807, 2.05) is 6.92 Å². The Hall–Kier alpha value is -1.06. The third-order valence-corrected chi connectivity index (χ3v) is 5.54. The summed E-state index contributed by atoms with van der Waals surface area (Å²) in [5.74, 6) is 1.55. The van der Waals surface area contributed by atoms with Crippen molar-refractivity contribution < 1.29 is 9.59 Å². The summed E-state index contributed by atoms with van der Waals surface area (Å²) < 4.78 is 0. The highest BCUT2D eigenvalue weighted by molar-refractivity contribution is 5.81. The van der Waals surface area contributed by atoms with Crippen molar-refractivity contribution in [3.8, 4) is 0 Å². The fourth-order valence-corrected chi connectivity index (χ4v) is 3.55. The van der Waals surface area contributed by atoms with Gasteiger partial charge in [-0.1, -0.05) is 13.8 Å². The number of piperidine rings is 1. The van der Waals surface area contributed by atoms with Crippen LogP contribution in [-0.2, 0) is 9.59 Å². The molecule has 1 saturated carbocycles. The second-order valence-corrected chi connectivity index (χ2v) is 7.37. The van der Waals surface area contributed by atoms with Gasteiger partial charge in [0.1, 0.15) is 0 Å². The molecule has 2 aliphatic rings. The first-order valence-electron chi connectivity index (χ1n) is 9.10. The standard InChI is InChI=1S/C18H32N2O2/c1-4-14(3)19-17(21)15-5-7-16(8-6-15)18(22)20-11-9-13(2)10-12-20/h13-16H,4-12H2,1-3H3,(H,19,21). The molecule has 126 valence electrons. The van der Waals surface area contributed by atoms with Gasteiger partial charge in [0, 0.05) is 31.0 Å². The van der Waals surface area contributed by atoms with Gasteiger partial charge in [0.2, 0.25) is 11.8 Å². The second-order valence-electron chi connectivity index (χ2n) is 7.37. The SMILES string of the molecule is CCC(C)NC(=O)C1CCC(C(=O)N2CCC(C)CC2)CC1. The van der Waals surface area contributed by atoms with E-state index in [1.54, 1.807) is 0 Å². The quantitative estimate of drug-likeness (QED) is 0.868. The van der Waals surface area contributed by atoms with Gasteiger partial charge in [-0.3, -0.25) is 9.59 Å². The zero-order valence-corrected chi connectivity index (χ0v) is 14.4. The van der Waals surface area contributed by atoms with Crippen LogP contribution in [0.1, 0.15) is 65.7 Å². The highest BCUT2D eigenvalue weighted by Crippen LogP contribution is 2.31. The lowest BCUT2D eigenvalue weighted by Crippen LogP contribution is -2.43. The number of carbonyl (C=O) groups is 2. The number of nitrogens with one attached hydrogen (secondary N) is 1. The Kier molecular flexibility index (Phi) is 6.27. The molecule has 0 radical (unpaired) electrons. The van der Waals surface area contributed by atoms with Gasteiger partial charge in [0.05, 0.1) is 0 Å². The van der Waals surface area contributed by atoms with Crippen LogP contribution in [0.3, 0.4) is 0 Å². The molecule has 2 rings (SSSR count). The van der Waals surface area contributed by atoms with Gasteiger partial charge in [-0.25, -0.2) is 0 Å². The largest absolute Gasteiger partial charge is 0.353 e. The average Bonchev–Trinajstić information content (AvgIpc) is 2.55. The maximum absolute atomic E-state index is 12.6. The molecule has 2 amide bonds. The minimum atomic E-state index is 0.111. The van der Waals surface area contributed by atoms with E-state index < -0.39 is 0 Å². The van der Waals surface area contributed by atoms with Crippen LogP contribution in [0.4, 0.5) is 0 Å². The molecule has 1 N–H and O–H groups in total. The van der Waals surface area contributed by atoms with Gasteiger partial charge >= 0.3 is 0 Å². The second kappa shape index (κ2) is 7.98. The molecule has 1 atom stereocenters. The molecule has 0 bridgehead atoms. The molecular formula is C18H32N2O2. The van der Waals surface area contributed by atoms with E-state index in [1.165, 1.54) is 0 Å². The zero-order chi connectivity index (χ0) is 16.1. The first-order valence-corrected chi connectivity index (χ1v) is 9.10. The summed E-state index contributed by atoms with van der Waals surface area (Å²) in [5.41, 5.74) is 0. The number of rotatable bonds is 4. The van der Waals surface area contributed by atoms with Crippen LogP contribution < -0.4 is 5.32 Å². The average molecular weight is 308 g/mol. The highest BCUT2D eigenvalue weighted by atomic mass is 16.2. The number of carbonyl (C=O) groups excluding carboxylic acids is 2. The van der Waals surface area contributed by atoms with Gasteiger partial charge in [-0.15, -0.1) is 0 Å². The van der Waals surface area contributed by atoms with Crippen LogP contribution in [0.25, 0.3) is 0 Å². The van der Waals surface area contributed by atoms with Gasteiger partial charge in [0.25, 0.3) is 0 Å². The fraction of sp³-hybridized carbons (Fsp3) is 0.889. The van der Waals surface area contributed by atoms with E-state index in [9.17, 15) is 9.59 Å². The van der Waals surface area contributed by atoms with E-state index in [0.717, 1.165) is 64.0 Å². The molecule has 0 aromatic rings. The third kappa shape index (κ3) is 4.47. The molecule has 1 aliphatic carbocycles. The summed E-state index contributed by atoms with van der Waals surface area (Å²) in [6.45, 7) is 8.25. The van der Waals surface area contributed by atoms with Crippen molar-refractivity contribution in [2.45, 2.75) is 71.8 Å². The molecule has 0 aromatic heterocycles. The van der Waals surface area contributed by atoms with Crippen molar-refractivity contribution in [3.05, 3.63) is 0 Å². The summed E-state index contributed by atoms with van der Waals surface area (Å²) in [6.07, 6.45) is 6.72. The lowest BCUT2D eigenvalue weighted by Gasteiger charge is -2.35. The molecular weight excluding hydrogens is 276 g/mol. The summed E-state index contributed by atoms with van der Waals surface area (Å²) in [4.78, 5) is 26.8. The number of hydrogen-bond acceptors (Lipinski definition) is 2. The molecule has 1 heterocycles. The Morgan fingerprint density at radius 3 is 2.14 bits per heavy atom. The normalized spacial score (nSPS) is 28.2. The monoisotopic (exact) mass is 308 g/mol. The molecule has 4 nitrogen and oxygen atoms in total. The van der Waals surface area contributed by atoms with Crippen LogP contribution in [0.2, 0.25) is 0 Å². The lowest BCUT2D eigenvalue weighted by molar-refractivity contribution is -0.139. The smallest absolute Gasteiger partial charge is 0.225 e. The summed E-state index contributed by atoms with van der Waals surface area (Å²) in [5, 5.41) is 3.08. The minimum absolute atomic E-state index is 0.111. The Bertz CT molecular complexity index is 381. The zero-order valence-electron chi connectivity index (χ0n) is 14.4. The van der Waals surface area contributed by atoms with Crippen molar-refractivity contribution >= 4 is 11.8 Å². The van der Waals surface area contributed by atoms with Crippen LogP contribution in [-0.4, -0.2) is 35.8 Å². The van der Waals surface area contributed by atoms with E-state index in [0.29, 0.717) is 5.91 Å². The van der Waals surface area contributed by atoms with Crippen molar-refractivity contribution in [1.29, 1.82) is 0 Å². The summed E-state index contributed by atoms with van der Waals surface area (Å²) >= 11 is 0. The highest BCUT2D eigenvalue weighted by Gasteiger charge is 2.33. The topological polar surface area (TPSA) is 49.4 Å².